The molecule has 1 rings (SSSR count). The van der Waals surface area contributed by atoms with Gasteiger partial charge in [0.15, 0.2) is 0 Å². The van der Waals surface area contributed by atoms with E-state index in [9.17, 15) is 4.79 Å². The van der Waals surface area contributed by atoms with E-state index in [1.807, 2.05) is 6.92 Å². The summed E-state index contributed by atoms with van der Waals surface area (Å²) in [5, 5.41) is 5.08. The van der Waals surface area contributed by atoms with Gasteiger partial charge in [-0.05, 0) is 18.0 Å². The third-order valence-corrected chi connectivity index (χ3v) is 2.55. The number of carbonyl (C=O) groups excluding carboxylic acids is 1. The monoisotopic (exact) mass is 215 g/mol. The molecule has 0 N–H and O–H groups in total. The molecule has 0 aliphatic carbocycles. The third-order valence-electron chi connectivity index (χ3n) is 1.80. The van der Waals surface area contributed by atoms with E-state index in [-0.39, 0.29) is 5.91 Å². The van der Waals surface area contributed by atoms with Gasteiger partial charge in [0.05, 0.1) is 12.8 Å². The van der Waals surface area contributed by atoms with Gasteiger partial charge in [-0.25, -0.2) is 5.06 Å². The van der Waals surface area contributed by atoms with Crippen LogP contribution in [0.3, 0.4) is 0 Å². The minimum absolute atomic E-state index is 0.189. The first kappa shape index (κ1) is 11.1. The minimum atomic E-state index is -0.189. The van der Waals surface area contributed by atoms with Crippen molar-refractivity contribution in [3.05, 3.63) is 10.6 Å². The largest absolute Gasteiger partial charge is 0.290 e. The summed E-state index contributed by atoms with van der Waals surface area (Å²) in [5.74, 6) is -0.189. The molecule has 0 spiro atoms. The molecule has 0 bridgehead atoms. The average Bonchev–Trinajstić information content (AvgIpc) is 2.64. The molecule has 0 atom stereocenters. The van der Waals surface area contributed by atoms with E-state index >= 15 is 0 Å². The third kappa shape index (κ3) is 2.27. The van der Waals surface area contributed by atoms with Crippen molar-refractivity contribution in [2.75, 3.05) is 14.2 Å². The second-order valence-electron chi connectivity index (χ2n) is 2.78. The molecule has 0 aliphatic rings. The number of hydrogen-bond donors (Lipinski definition) is 0. The zero-order valence-electron chi connectivity index (χ0n) is 8.48. The molecule has 78 valence electrons. The van der Waals surface area contributed by atoms with Gasteiger partial charge in [-0.3, -0.25) is 9.63 Å². The molecule has 0 fully saturated rings. The predicted molar refractivity (Wildman–Crippen MR) is 53.0 cm³/mol. The summed E-state index contributed by atoms with van der Waals surface area (Å²) >= 11 is 1.11. The molecular formula is C8H13N3O2S. The van der Waals surface area contributed by atoms with E-state index in [2.05, 4.69) is 9.59 Å². The van der Waals surface area contributed by atoms with E-state index in [1.165, 1.54) is 12.2 Å². The van der Waals surface area contributed by atoms with Crippen molar-refractivity contribution in [3.63, 3.8) is 0 Å². The van der Waals surface area contributed by atoms with Crippen LogP contribution in [0.4, 0.5) is 0 Å². The van der Waals surface area contributed by atoms with E-state index in [4.69, 9.17) is 4.84 Å². The first-order valence-corrected chi connectivity index (χ1v) is 5.11. The van der Waals surface area contributed by atoms with E-state index in [1.54, 1.807) is 7.05 Å². The van der Waals surface area contributed by atoms with Crippen LogP contribution in [0.1, 0.15) is 28.7 Å². The SMILES string of the molecule is CCCc1nnsc1C(=O)N(C)OC. The summed E-state index contributed by atoms with van der Waals surface area (Å²) < 4.78 is 3.77. The fourth-order valence-corrected chi connectivity index (χ4v) is 1.67. The Kier molecular flexibility index (Phi) is 3.97. The highest BCUT2D eigenvalue weighted by Gasteiger charge is 2.19. The number of hydrogen-bond acceptors (Lipinski definition) is 5. The highest BCUT2D eigenvalue weighted by molar-refractivity contribution is 7.07. The average molecular weight is 215 g/mol. The van der Waals surface area contributed by atoms with E-state index in [0.29, 0.717) is 4.88 Å². The van der Waals surface area contributed by atoms with Crippen LogP contribution in [0.5, 0.6) is 0 Å². The van der Waals surface area contributed by atoms with Crippen LogP contribution < -0.4 is 0 Å². The molecule has 1 aromatic rings. The molecule has 0 aliphatic heterocycles. The summed E-state index contributed by atoms with van der Waals surface area (Å²) in [6.45, 7) is 2.04. The number of carbonyl (C=O) groups is 1. The summed E-state index contributed by atoms with van der Waals surface area (Å²) in [4.78, 5) is 17.0. The van der Waals surface area contributed by atoms with Crippen molar-refractivity contribution < 1.29 is 9.63 Å². The number of aromatic nitrogens is 2. The fourth-order valence-electron chi connectivity index (χ4n) is 0.997. The number of nitrogens with zero attached hydrogens (tertiary/aromatic N) is 3. The summed E-state index contributed by atoms with van der Waals surface area (Å²) in [7, 11) is 3.02. The van der Waals surface area contributed by atoms with Crippen LogP contribution in [-0.4, -0.2) is 34.7 Å². The Hall–Kier alpha value is -1.01. The lowest BCUT2D eigenvalue weighted by molar-refractivity contribution is -0.0754. The van der Waals surface area contributed by atoms with Crippen molar-refractivity contribution in [1.29, 1.82) is 0 Å². The Morgan fingerprint density at radius 1 is 1.64 bits per heavy atom. The van der Waals surface area contributed by atoms with E-state index in [0.717, 1.165) is 30.1 Å². The van der Waals surface area contributed by atoms with E-state index < -0.39 is 0 Å². The van der Waals surface area contributed by atoms with Gasteiger partial charge in [-0.2, -0.15) is 0 Å². The molecule has 14 heavy (non-hydrogen) atoms. The standard InChI is InChI=1S/C8H13N3O2S/c1-4-5-6-7(14-10-9-6)8(12)11(2)13-3/h4-5H2,1-3H3. The van der Waals surface area contributed by atoms with Gasteiger partial charge in [0.25, 0.3) is 5.91 Å². The molecule has 0 radical (unpaired) electrons. The van der Waals surface area contributed by atoms with Crippen LogP contribution in [0.25, 0.3) is 0 Å². The molecule has 0 saturated heterocycles. The van der Waals surface area contributed by atoms with Gasteiger partial charge in [0.1, 0.15) is 4.88 Å². The van der Waals surface area contributed by atoms with Gasteiger partial charge in [0.2, 0.25) is 0 Å². The van der Waals surface area contributed by atoms with Gasteiger partial charge in [0, 0.05) is 7.05 Å². The van der Waals surface area contributed by atoms with Crippen molar-refractivity contribution >= 4 is 17.4 Å². The lowest BCUT2D eigenvalue weighted by Crippen LogP contribution is -2.25. The number of aryl methyl sites for hydroxylation is 1. The highest BCUT2D eigenvalue weighted by Crippen LogP contribution is 2.14. The quantitative estimate of drug-likeness (QED) is 0.706. The highest BCUT2D eigenvalue weighted by atomic mass is 32.1. The maximum Gasteiger partial charge on any atom is 0.290 e. The first-order chi connectivity index (χ1) is 6.70. The molecule has 1 heterocycles. The Morgan fingerprint density at radius 3 is 2.93 bits per heavy atom. The zero-order chi connectivity index (χ0) is 10.6. The molecule has 5 nitrogen and oxygen atoms in total. The van der Waals surface area contributed by atoms with Crippen molar-refractivity contribution in [2.45, 2.75) is 19.8 Å². The normalized spacial score (nSPS) is 10.2. The van der Waals surface area contributed by atoms with Gasteiger partial charge in [-0.1, -0.05) is 17.8 Å². The molecule has 0 aromatic carbocycles. The van der Waals surface area contributed by atoms with Gasteiger partial charge < -0.3 is 0 Å². The molecular weight excluding hydrogens is 202 g/mol. The minimum Gasteiger partial charge on any atom is -0.274 e. The van der Waals surface area contributed by atoms with Crippen LogP contribution in [0.15, 0.2) is 0 Å². The maximum absolute atomic E-state index is 11.7. The van der Waals surface area contributed by atoms with Crippen molar-refractivity contribution in [1.82, 2.24) is 14.7 Å². The Labute approximate surface area is 86.8 Å². The second-order valence-corrected chi connectivity index (χ2v) is 3.54. The van der Waals surface area contributed by atoms with Crippen LogP contribution in [0, 0.1) is 0 Å². The van der Waals surface area contributed by atoms with Gasteiger partial charge >= 0.3 is 0 Å². The molecule has 0 unspecified atom stereocenters. The number of hydroxylamine groups is 2. The first-order valence-electron chi connectivity index (χ1n) is 4.34. The van der Waals surface area contributed by atoms with Crippen molar-refractivity contribution in [3.8, 4) is 0 Å². The Balaban J connectivity index is 2.83. The maximum atomic E-state index is 11.7. The topological polar surface area (TPSA) is 55.3 Å². The predicted octanol–water partition coefficient (Wildman–Crippen LogP) is 1.12. The van der Waals surface area contributed by atoms with Crippen LogP contribution >= 0.6 is 11.5 Å². The molecule has 0 saturated carbocycles. The van der Waals surface area contributed by atoms with Crippen LogP contribution in [-0.2, 0) is 11.3 Å². The zero-order valence-corrected chi connectivity index (χ0v) is 9.30. The smallest absolute Gasteiger partial charge is 0.274 e. The summed E-state index contributed by atoms with van der Waals surface area (Å²) in [6, 6.07) is 0. The van der Waals surface area contributed by atoms with Crippen molar-refractivity contribution in [2.24, 2.45) is 0 Å². The number of rotatable bonds is 4. The lowest BCUT2D eigenvalue weighted by Gasteiger charge is -2.12. The molecule has 1 amide bonds. The lowest BCUT2D eigenvalue weighted by atomic mass is 10.2. The summed E-state index contributed by atoms with van der Waals surface area (Å²) in [5.41, 5.74) is 0.756. The molecule has 1 aromatic heterocycles. The second kappa shape index (κ2) is 5.02. The molecule has 6 heteroatoms. The Bertz CT molecular complexity index is 313. The van der Waals surface area contributed by atoms with Crippen LogP contribution in [0.2, 0.25) is 0 Å². The summed E-state index contributed by atoms with van der Waals surface area (Å²) in [6.07, 6.45) is 1.72. The fraction of sp³-hybridized carbons (Fsp3) is 0.625. The Morgan fingerprint density at radius 2 is 2.36 bits per heavy atom. The number of amides is 1. The van der Waals surface area contributed by atoms with Gasteiger partial charge in [-0.15, -0.1) is 5.10 Å².